The minimum Gasteiger partial charge on any atom is -0.495 e. The topological polar surface area (TPSA) is 84.2 Å². The highest BCUT2D eigenvalue weighted by Gasteiger charge is 2.40. The minimum atomic E-state index is -0.786. The Morgan fingerprint density at radius 1 is 0.950 bits per heavy atom. The van der Waals surface area contributed by atoms with Crippen LogP contribution in [0.25, 0.3) is 28.2 Å². The summed E-state index contributed by atoms with van der Waals surface area (Å²) >= 11 is 0. The fourth-order valence-electron chi connectivity index (χ4n) is 5.25. The zero-order valence-electron chi connectivity index (χ0n) is 23.1. The van der Waals surface area contributed by atoms with Gasteiger partial charge in [0.2, 0.25) is 5.43 Å². The number of rotatable bonds is 4. The summed E-state index contributed by atoms with van der Waals surface area (Å²) in [5, 5.41) is 0.403. The van der Waals surface area contributed by atoms with Gasteiger partial charge in [-0.1, -0.05) is 18.2 Å². The van der Waals surface area contributed by atoms with Gasteiger partial charge in [-0.15, -0.1) is 0 Å². The summed E-state index contributed by atoms with van der Waals surface area (Å²) in [5.74, 6) is 1.39. The summed E-state index contributed by atoms with van der Waals surface area (Å²) in [6, 6.07) is 16.0. The third-order valence-corrected chi connectivity index (χ3v) is 7.44. The molecular formula is C33H30O7. The monoisotopic (exact) mass is 538 g/mol. The molecule has 0 saturated heterocycles. The van der Waals surface area contributed by atoms with Gasteiger partial charge in [-0.2, -0.15) is 0 Å². The second-order valence-corrected chi connectivity index (χ2v) is 11.2. The normalized spacial score (nSPS) is 18.2. The van der Waals surface area contributed by atoms with Crippen molar-refractivity contribution in [2.24, 2.45) is 0 Å². The maximum atomic E-state index is 13.8. The molecule has 6 rings (SSSR count). The van der Waals surface area contributed by atoms with Gasteiger partial charge in [-0.3, -0.25) is 4.79 Å². The number of esters is 1. The van der Waals surface area contributed by atoms with E-state index in [4.69, 9.17) is 23.4 Å². The molecule has 0 spiro atoms. The third-order valence-electron chi connectivity index (χ3n) is 7.44. The Morgan fingerprint density at radius 3 is 2.48 bits per heavy atom. The molecule has 0 amide bonds. The summed E-state index contributed by atoms with van der Waals surface area (Å²) in [5.41, 5.74) is 1.95. The van der Waals surface area contributed by atoms with Crippen LogP contribution in [-0.2, 0) is 11.2 Å². The van der Waals surface area contributed by atoms with E-state index in [1.165, 1.54) is 6.26 Å². The van der Waals surface area contributed by atoms with Crippen molar-refractivity contribution < 1.29 is 28.2 Å². The Morgan fingerprint density at radius 2 is 1.73 bits per heavy atom. The molecule has 2 aliphatic rings. The average molecular weight is 539 g/mol. The predicted molar refractivity (Wildman–Crippen MR) is 152 cm³/mol. The first kappa shape index (κ1) is 25.7. The second-order valence-electron chi connectivity index (χ2n) is 11.2. The summed E-state index contributed by atoms with van der Waals surface area (Å²) in [6.07, 6.45) is 5.20. The number of benzene rings is 3. The van der Waals surface area contributed by atoms with Crippen molar-refractivity contribution in [3.8, 4) is 28.4 Å². The molecule has 7 nitrogen and oxygen atoms in total. The zero-order chi connectivity index (χ0) is 28.2. The first-order chi connectivity index (χ1) is 19.1. The molecule has 2 aliphatic heterocycles. The lowest BCUT2D eigenvalue weighted by molar-refractivity contribution is -0.0593. The predicted octanol–water partition coefficient (Wildman–Crippen LogP) is 6.59. The Hall–Kier alpha value is -4.52. The van der Waals surface area contributed by atoms with Gasteiger partial charge in [0.1, 0.15) is 46.4 Å². The first-order valence-electron chi connectivity index (χ1n) is 13.2. The molecule has 204 valence electrons. The highest BCUT2D eigenvalue weighted by molar-refractivity contribution is 5.90. The van der Waals surface area contributed by atoms with E-state index < -0.39 is 23.3 Å². The van der Waals surface area contributed by atoms with E-state index in [2.05, 4.69) is 0 Å². The molecule has 3 aromatic carbocycles. The van der Waals surface area contributed by atoms with Crippen LogP contribution < -0.4 is 19.6 Å². The van der Waals surface area contributed by atoms with Crippen LogP contribution >= 0.6 is 0 Å². The van der Waals surface area contributed by atoms with Gasteiger partial charge < -0.3 is 23.4 Å². The van der Waals surface area contributed by atoms with Crippen LogP contribution in [-0.4, -0.2) is 30.4 Å². The van der Waals surface area contributed by atoms with Crippen molar-refractivity contribution in [2.45, 2.75) is 51.4 Å². The van der Waals surface area contributed by atoms with Crippen LogP contribution in [0.15, 0.2) is 76.1 Å². The SMILES string of the molecule is COc1c(-c2coc3cc4c(cc3c2=O)CC(OC(=O)c2ccccc2)C(C)(C)O4)ccc2c1C=CC(C)(C)O2. The molecule has 0 radical (unpaired) electrons. The fourth-order valence-corrected chi connectivity index (χ4v) is 5.25. The lowest BCUT2D eigenvalue weighted by atomic mass is 9.90. The van der Waals surface area contributed by atoms with E-state index in [0.29, 0.717) is 51.3 Å². The van der Waals surface area contributed by atoms with Gasteiger partial charge in [0.15, 0.2) is 0 Å². The number of methoxy groups -OCH3 is 1. The van der Waals surface area contributed by atoms with Crippen LogP contribution in [0.5, 0.6) is 17.2 Å². The van der Waals surface area contributed by atoms with Crippen LogP contribution in [0.1, 0.15) is 49.2 Å². The van der Waals surface area contributed by atoms with Crippen molar-refractivity contribution in [2.75, 3.05) is 7.11 Å². The highest BCUT2D eigenvalue weighted by atomic mass is 16.6. The van der Waals surface area contributed by atoms with Crippen LogP contribution in [0.4, 0.5) is 0 Å². The van der Waals surface area contributed by atoms with Crippen molar-refractivity contribution in [1.29, 1.82) is 0 Å². The maximum absolute atomic E-state index is 13.8. The number of fused-ring (bicyclic) bond motifs is 3. The van der Waals surface area contributed by atoms with Crippen molar-refractivity contribution in [3.63, 3.8) is 0 Å². The van der Waals surface area contributed by atoms with Gasteiger partial charge in [-0.05, 0) is 75.7 Å². The van der Waals surface area contributed by atoms with E-state index in [-0.39, 0.29) is 5.43 Å². The third kappa shape index (κ3) is 4.41. The molecule has 1 unspecified atom stereocenters. The highest BCUT2D eigenvalue weighted by Crippen LogP contribution is 2.43. The average Bonchev–Trinajstić information content (AvgIpc) is 2.92. The smallest absolute Gasteiger partial charge is 0.338 e. The molecule has 0 bridgehead atoms. The maximum Gasteiger partial charge on any atom is 0.338 e. The van der Waals surface area contributed by atoms with Crippen molar-refractivity contribution >= 4 is 23.0 Å². The summed E-state index contributed by atoms with van der Waals surface area (Å²) in [7, 11) is 1.57. The molecule has 1 aromatic heterocycles. The van der Waals surface area contributed by atoms with E-state index in [0.717, 1.165) is 11.1 Å². The van der Waals surface area contributed by atoms with Crippen molar-refractivity contribution in [3.05, 3.63) is 93.9 Å². The Labute approximate surface area is 231 Å². The van der Waals surface area contributed by atoms with Crippen LogP contribution in [0.3, 0.4) is 0 Å². The number of carbonyl (C=O) groups is 1. The molecule has 0 saturated carbocycles. The fraction of sp³-hybridized carbons (Fsp3) is 0.273. The zero-order valence-corrected chi connectivity index (χ0v) is 23.1. The van der Waals surface area contributed by atoms with Gasteiger partial charge in [-0.25, -0.2) is 4.79 Å². The first-order valence-corrected chi connectivity index (χ1v) is 13.2. The number of hydrogen-bond acceptors (Lipinski definition) is 7. The number of carbonyl (C=O) groups excluding carboxylic acids is 1. The lowest BCUT2D eigenvalue weighted by Gasteiger charge is -2.39. The summed E-state index contributed by atoms with van der Waals surface area (Å²) in [6.45, 7) is 7.71. The Bertz CT molecular complexity index is 1730. The van der Waals surface area contributed by atoms with Gasteiger partial charge in [0, 0.05) is 18.1 Å². The molecular weight excluding hydrogens is 508 g/mol. The van der Waals surface area contributed by atoms with Gasteiger partial charge in [0.05, 0.1) is 29.2 Å². The second kappa shape index (κ2) is 9.30. The summed E-state index contributed by atoms with van der Waals surface area (Å²) < 4.78 is 30.0. The molecule has 0 N–H and O–H groups in total. The standard InChI is InChI=1S/C33H30O7/c1-32(2)14-13-22-25(39-32)12-11-21(30(22)36-5)24-18-37-27-17-26-20(15-23(27)29(24)34)16-28(33(3,4)40-26)38-31(35)19-9-7-6-8-10-19/h6-15,17-18,28H,16H2,1-5H3. The molecule has 1 atom stereocenters. The van der Waals surface area contributed by atoms with Gasteiger partial charge >= 0.3 is 5.97 Å². The Balaban J connectivity index is 1.39. The van der Waals surface area contributed by atoms with E-state index >= 15 is 0 Å². The van der Waals surface area contributed by atoms with Crippen LogP contribution in [0.2, 0.25) is 0 Å². The molecule has 0 aliphatic carbocycles. The van der Waals surface area contributed by atoms with Gasteiger partial charge in [0.25, 0.3) is 0 Å². The van der Waals surface area contributed by atoms with E-state index in [1.54, 1.807) is 43.5 Å². The lowest BCUT2D eigenvalue weighted by Crippen LogP contribution is -2.48. The molecule has 4 aromatic rings. The quantitative estimate of drug-likeness (QED) is 0.271. The largest absolute Gasteiger partial charge is 0.495 e. The van der Waals surface area contributed by atoms with E-state index in [9.17, 15) is 9.59 Å². The molecule has 40 heavy (non-hydrogen) atoms. The molecule has 3 heterocycles. The van der Waals surface area contributed by atoms with Crippen molar-refractivity contribution in [1.82, 2.24) is 0 Å². The molecule has 7 heteroatoms. The Kier molecular flexibility index (Phi) is 5.98. The number of hydrogen-bond donors (Lipinski definition) is 0. The van der Waals surface area contributed by atoms with E-state index in [1.807, 2.05) is 58.0 Å². The molecule has 0 fully saturated rings. The number of ether oxygens (including phenoxy) is 4. The van der Waals surface area contributed by atoms with Crippen LogP contribution in [0, 0.1) is 0 Å². The summed E-state index contributed by atoms with van der Waals surface area (Å²) in [4.78, 5) is 26.6. The minimum absolute atomic E-state index is 0.203.